The van der Waals surface area contributed by atoms with Crippen LogP contribution in [-0.2, 0) is 17.9 Å². The lowest BCUT2D eigenvalue weighted by Crippen LogP contribution is -2.08. The highest BCUT2D eigenvalue weighted by molar-refractivity contribution is 9.10. The number of halogens is 3. The van der Waals surface area contributed by atoms with E-state index in [4.69, 9.17) is 9.47 Å². The molecule has 0 saturated heterocycles. The Morgan fingerprint density at radius 3 is 2.52 bits per heavy atom. The van der Waals surface area contributed by atoms with E-state index in [9.17, 15) is 13.6 Å². The van der Waals surface area contributed by atoms with Crippen LogP contribution in [0, 0.1) is 11.6 Å². The molecule has 0 aliphatic carbocycles. The van der Waals surface area contributed by atoms with Gasteiger partial charge in [-0.2, -0.15) is 0 Å². The zero-order valence-corrected chi connectivity index (χ0v) is 17.1. The van der Waals surface area contributed by atoms with Crippen molar-refractivity contribution in [2.45, 2.75) is 13.2 Å². The van der Waals surface area contributed by atoms with Crippen molar-refractivity contribution < 1.29 is 23.0 Å². The zero-order chi connectivity index (χ0) is 20.8. The van der Waals surface area contributed by atoms with Crippen LogP contribution in [0.2, 0.25) is 0 Å². The van der Waals surface area contributed by atoms with Gasteiger partial charge in [0.15, 0.2) is 0 Å². The number of ether oxygens (including phenoxy) is 2. The SMILES string of the molecule is COC(=O)c1ccc(OCc2ccccc2)c(CNc2cc(Br)c(F)cc2F)c1. The first-order chi connectivity index (χ1) is 14.0. The van der Waals surface area contributed by atoms with Crippen LogP contribution in [0.3, 0.4) is 0 Å². The highest BCUT2D eigenvalue weighted by Crippen LogP contribution is 2.27. The zero-order valence-electron chi connectivity index (χ0n) is 15.5. The second-order valence-electron chi connectivity index (χ2n) is 6.19. The lowest BCUT2D eigenvalue weighted by Gasteiger charge is -2.15. The number of esters is 1. The smallest absolute Gasteiger partial charge is 0.337 e. The number of hydrogen-bond donors (Lipinski definition) is 1. The Balaban J connectivity index is 1.83. The topological polar surface area (TPSA) is 47.6 Å². The molecule has 3 rings (SSSR count). The maximum Gasteiger partial charge on any atom is 0.337 e. The maximum absolute atomic E-state index is 14.0. The summed E-state index contributed by atoms with van der Waals surface area (Å²) in [6, 6.07) is 16.6. The van der Waals surface area contributed by atoms with Gasteiger partial charge in [0.05, 0.1) is 22.8 Å². The van der Waals surface area contributed by atoms with E-state index in [0.717, 1.165) is 11.6 Å². The van der Waals surface area contributed by atoms with Crippen molar-refractivity contribution in [2.75, 3.05) is 12.4 Å². The minimum atomic E-state index is -0.721. The summed E-state index contributed by atoms with van der Waals surface area (Å²) in [6.07, 6.45) is 0. The second kappa shape index (κ2) is 9.52. The summed E-state index contributed by atoms with van der Waals surface area (Å²) in [5.41, 5.74) is 2.08. The van der Waals surface area contributed by atoms with Gasteiger partial charge in [0.1, 0.15) is 24.0 Å². The third-order valence-electron chi connectivity index (χ3n) is 4.20. The third kappa shape index (κ3) is 5.32. The molecule has 0 unspecified atom stereocenters. The number of nitrogens with one attached hydrogen (secondary N) is 1. The van der Waals surface area contributed by atoms with Crippen molar-refractivity contribution in [1.29, 1.82) is 0 Å². The van der Waals surface area contributed by atoms with E-state index in [1.807, 2.05) is 30.3 Å². The summed E-state index contributed by atoms with van der Waals surface area (Å²) in [6.45, 7) is 0.492. The van der Waals surface area contributed by atoms with Gasteiger partial charge in [-0.15, -0.1) is 0 Å². The number of anilines is 1. The lowest BCUT2D eigenvalue weighted by molar-refractivity contribution is 0.0600. The molecule has 3 aromatic rings. The van der Waals surface area contributed by atoms with Crippen molar-refractivity contribution in [3.8, 4) is 5.75 Å². The first-order valence-electron chi connectivity index (χ1n) is 8.74. The fraction of sp³-hybridized carbons (Fsp3) is 0.136. The molecule has 0 spiro atoms. The molecular formula is C22H18BrF2NO3. The van der Waals surface area contributed by atoms with Gasteiger partial charge in [0.2, 0.25) is 0 Å². The second-order valence-corrected chi connectivity index (χ2v) is 7.04. The molecule has 0 aliphatic heterocycles. The summed E-state index contributed by atoms with van der Waals surface area (Å²) in [5, 5.41) is 2.92. The number of hydrogen-bond acceptors (Lipinski definition) is 4. The average Bonchev–Trinajstić information content (AvgIpc) is 2.74. The van der Waals surface area contributed by atoms with Crippen molar-refractivity contribution in [2.24, 2.45) is 0 Å². The Morgan fingerprint density at radius 2 is 1.79 bits per heavy atom. The normalized spacial score (nSPS) is 10.5. The van der Waals surface area contributed by atoms with E-state index in [2.05, 4.69) is 21.2 Å². The lowest BCUT2D eigenvalue weighted by atomic mass is 10.1. The Morgan fingerprint density at radius 1 is 1.03 bits per heavy atom. The molecule has 0 fully saturated rings. The highest BCUT2D eigenvalue weighted by Gasteiger charge is 2.13. The van der Waals surface area contributed by atoms with Crippen molar-refractivity contribution in [3.63, 3.8) is 0 Å². The van der Waals surface area contributed by atoms with Gasteiger partial charge in [0.25, 0.3) is 0 Å². The fourth-order valence-corrected chi connectivity index (χ4v) is 3.03. The molecule has 0 aliphatic rings. The van der Waals surface area contributed by atoms with Crippen LogP contribution in [-0.4, -0.2) is 13.1 Å². The van der Waals surface area contributed by atoms with E-state index in [-0.39, 0.29) is 16.7 Å². The van der Waals surface area contributed by atoms with Gasteiger partial charge >= 0.3 is 5.97 Å². The van der Waals surface area contributed by atoms with Crippen LogP contribution in [0.4, 0.5) is 14.5 Å². The minimum Gasteiger partial charge on any atom is -0.489 e. The van der Waals surface area contributed by atoms with Crippen LogP contribution in [0.1, 0.15) is 21.5 Å². The van der Waals surface area contributed by atoms with Crippen LogP contribution in [0.15, 0.2) is 65.1 Å². The minimum absolute atomic E-state index is 0.121. The van der Waals surface area contributed by atoms with Gasteiger partial charge < -0.3 is 14.8 Å². The predicted octanol–water partition coefficient (Wildman–Crippen LogP) is 5.71. The van der Waals surface area contributed by atoms with Gasteiger partial charge in [-0.1, -0.05) is 30.3 Å². The first kappa shape index (κ1) is 20.8. The Bertz CT molecular complexity index is 1010. The number of methoxy groups -OCH3 is 1. The molecule has 0 bridgehead atoms. The van der Waals surface area contributed by atoms with E-state index < -0.39 is 17.6 Å². The van der Waals surface area contributed by atoms with Crippen LogP contribution in [0.25, 0.3) is 0 Å². The van der Waals surface area contributed by atoms with Gasteiger partial charge in [-0.3, -0.25) is 0 Å². The first-order valence-corrected chi connectivity index (χ1v) is 9.53. The number of rotatable bonds is 7. The molecule has 4 nitrogen and oxygen atoms in total. The Labute approximate surface area is 175 Å². The molecule has 150 valence electrons. The molecule has 3 aromatic carbocycles. The van der Waals surface area contributed by atoms with E-state index in [1.165, 1.54) is 13.2 Å². The molecule has 0 amide bonds. The van der Waals surface area contributed by atoms with E-state index >= 15 is 0 Å². The summed E-state index contributed by atoms with van der Waals surface area (Å²) in [7, 11) is 1.30. The molecular weight excluding hydrogens is 444 g/mol. The molecule has 7 heteroatoms. The number of carbonyl (C=O) groups is 1. The maximum atomic E-state index is 14.0. The van der Waals surface area contributed by atoms with E-state index in [0.29, 0.717) is 23.5 Å². The Kier molecular flexibility index (Phi) is 6.82. The molecule has 29 heavy (non-hydrogen) atoms. The molecule has 0 heterocycles. The van der Waals surface area contributed by atoms with Crippen LogP contribution < -0.4 is 10.1 Å². The molecule has 0 atom stereocenters. The fourth-order valence-electron chi connectivity index (χ4n) is 2.69. The highest BCUT2D eigenvalue weighted by atomic mass is 79.9. The van der Waals surface area contributed by atoms with Gasteiger partial charge in [0, 0.05) is 18.2 Å². The van der Waals surface area contributed by atoms with Crippen LogP contribution >= 0.6 is 15.9 Å². The monoisotopic (exact) mass is 461 g/mol. The standard InChI is InChI=1S/C22H18BrF2NO3/c1-28-22(27)15-7-8-21(29-13-14-5-3-2-4-6-14)16(9-15)12-26-20-10-17(23)18(24)11-19(20)25/h2-11,26H,12-13H2,1H3. The number of benzene rings is 3. The Hall–Kier alpha value is -2.93. The molecule has 1 N–H and O–H groups in total. The predicted molar refractivity (Wildman–Crippen MR) is 110 cm³/mol. The summed E-state index contributed by atoms with van der Waals surface area (Å²) < 4.78 is 38.3. The molecule has 0 saturated carbocycles. The van der Waals surface area contributed by atoms with Gasteiger partial charge in [-0.25, -0.2) is 13.6 Å². The summed E-state index contributed by atoms with van der Waals surface area (Å²) in [4.78, 5) is 11.9. The van der Waals surface area contributed by atoms with E-state index in [1.54, 1.807) is 18.2 Å². The number of carbonyl (C=O) groups excluding carboxylic acids is 1. The summed E-state index contributed by atoms with van der Waals surface area (Å²) >= 11 is 3.04. The van der Waals surface area contributed by atoms with Crippen molar-refractivity contribution in [1.82, 2.24) is 0 Å². The van der Waals surface area contributed by atoms with Crippen molar-refractivity contribution in [3.05, 3.63) is 93.5 Å². The van der Waals surface area contributed by atoms with Gasteiger partial charge in [-0.05, 0) is 45.8 Å². The van der Waals surface area contributed by atoms with Crippen molar-refractivity contribution >= 4 is 27.6 Å². The molecule has 0 aromatic heterocycles. The molecule has 0 radical (unpaired) electrons. The quantitative estimate of drug-likeness (QED) is 0.361. The largest absolute Gasteiger partial charge is 0.489 e. The third-order valence-corrected chi connectivity index (χ3v) is 4.81. The van der Waals surface area contributed by atoms with Crippen LogP contribution in [0.5, 0.6) is 5.75 Å². The average molecular weight is 462 g/mol. The summed E-state index contributed by atoms with van der Waals surface area (Å²) in [5.74, 6) is -1.36.